The number of nitrogens with zero attached hydrogens (tertiary/aromatic N) is 7. The summed E-state index contributed by atoms with van der Waals surface area (Å²) in [4.78, 5) is 16.5. The lowest BCUT2D eigenvalue weighted by Gasteiger charge is -2.17. The number of para-hydroxylation sites is 1. The highest BCUT2D eigenvalue weighted by molar-refractivity contribution is 5.84. The fourth-order valence-electron chi connectivity index (χ4n) is 3.20. The van der Waals surface area contributed by atoms with Crippen LogP contribution < -0.4 is 11.1 Å². The summed E-state index contributed by atoms with van der Waals surface area (Å²) in [6.45, 7) is 1.80. The van der Waals surface area contributed by atoms with Crippen LogP contribution in [-0.4, -0.2) is 24.5 Å². The third-order valence-electron chi connectivity index (χ3n) is 4.50. The maximum atomic E-state index is 13.9. The van der Waals surface area contributed by atoms with Crippen molar-refractivity contribution in [1.82, 2.24) is 24.5 Å². The first-order chi connectivity index (χ1) is 14.5. The Morgan fingerprint density at radius 1 is 1.20 bits per heavy atom. The summed E-state index contributed by atoms with van der Waals surface area (Å²) in [6.07, 6.45) is 3.83. The van der Waals surface area contributed by atoms with Gasteiger partial charge in [-0.25, -0.2) is 19.3 Å². The number of imidazole rings is 1. The van der Waals surface area contributed by atoms with Crippen LogP contribution in [0.5, 0.6) is 0 Å². The molecule has 0 saturated heterocycles. The molecule has 0 aliphatic carbocycles. The molecule has 3 heterocycles. The van der Waals surface area contributed by atoms with Crippen molar-refractivity contribution in [3.8, 4) is 17.8 Å². The molecule has 0 fully saturated rings. The summed E-state index contributed by atoms with van der Waals surface area (Å²) in [5.74, 6) is 0.248. The molecule has 30 heavy (non-hydrogen) atoms. The first-order valence-corrected chi connectivity index (χ1v) is 8.83. The van der Waals surface area contributed by atoms with Gasteiger partial charge in [0.2, 0.25) is 0 Å². The molecule has 0 unspecified atom stereocenters. The van der Waals surface area contributed by atoms with Crippen LogP contribution in [0.15, 0.2) is 43.0 Å². The molecule has 4 aromatic rings. The second-order valence-electron chi connectivity index (χ2n) is 6.41. The minimum atomic E-state index is -0.523. The standard InChI is InChI=1S/C20H14FN9/c1-11(28-19-15(7-23)18(24)26-10-27-19)20-29-16-4-2-3-12(6-22)17(16)30(20)14-5-13(21)8-25-9-14/h2-5,8-11H,1H3,(H3,24,26,27,28)/t11-/m0/s1. The minimum Gasteiger partial charge on any atom is -0.382 e. The number of hydrogen-bond donors (Lipinski definition) is 2. The molecule has 4 rings (SSSR count). The molecule has 0 aliphatic heterocycles. The fourth-order valence-corrected chi connectivity index (χ4v) is 3.20. The number of nitrogens with two attached hydrogens (primary N) is 1. The Kier molecular flexibility index (Phi) is 4.66. The molecule has 0 aliphatic rings. The molecule has 146 valence electrons. The topological polar surface area (TPSA) is 142 Å². The Morgan fingerprint density at radius 3 is 2.77 bits per heavy atom. The number of rotatable bonds is 4. The first kappa shape index (κ1) is 18.8. The van der Waals surface area contributed by atoms with Crippen LogP contribution in [-0.2, 0) is 0 Å². The predicted molar refractivity (Wildman–Crippen MR) is 107 cm³/mol. The Bertz CT molecular complexity index is 1350. The van der Waals surface area contributed by atoms with E-state index in [0.29, 0.717) is 28.1 Å². The molecular weight excluding hydrogens is 385 g/mol. The molecular formula is C20H14FN9. The molecule has 0 saturated carbocycles. The van der Waals surface area contributed by atoms with Gasteiger partial charge in [-0.05, 0) is 19.1 Å². The van der Waals surface area contributed by atoms with E-state index in [1.54, 1.807) is 29.7 Å². The first-order valence-electron chi connectivity index (χ1n) is 8.83. The molecule has 1 atom stereocenters. The van der Waals surface area contributed by atoms with Crippen molar-refractivity contribution in [3.63, 3.8) is 0 Å². The number of nitrogens with one attached hydrogen (secondary N) is 1. The lowest BCUT2D eigenvalue weighted by Crippen LogP contribution is -2.16. The average Bonchev–Trinajstić information content (AvgIpc) is 3.14. The molecule has 0 spiro atoms. The lowest BCUT2D eigenvalue weighted by molar-refractivity contribution is 0.619. The SMILES string of the molecule is C[C@H](Nc1ncnc(N)c1C#N)c1nc2cccc(C#N)c2n1-c1cncc(F)c1. The van der Waals surface area contributed by atoms with E-state index in [9.17, 15) is 14.9 Å². The zero-order valence-corrected chi connectivity index (χ0v) is 15.7. The number of anilines is 2. The Morgan fingerprint density at radius 2 is 2.03 bits per heavy atom. The summed E-state index contributed by atoms with van der Waals surface area (Å²) in [5, 5.41) is 22.1. The fraction of sp³-hybridized carbons (Fsp3) is 0.100. The summed E-state index contributed by atoms with van der Waals surface area (Å²) in [5.41, 5.74) is 7.75. The Balaban J connectivity index is 1.91. The van der Waals surface area contributed by atoms with Crippen LogP contribution in [0.25, 0.3) is 16.7 Å². The molecule has 10 heteroatoms. The van der Waals surface area contributed by atoms with E-state index in [1.165, 1.54) is 18.6 Å². The number of benzene rings is 1. The zero-order valence-electron chi connectivity index (χ0n) is 15.7. The van der Waals surface area contributed by atoms with Gasteiger partial charge in [0.05, 0.1) is 40.7 Å². The van der Waals surface area contributed by atoms with Gasteiger partial charge in [-0.1, -0.05) is 6.07 Å². The van der Waals surface area contributed by atoms with Crippen LogP contribution in [0.1, 0.15) is 29.9 Å². The smallest absolute Gasteiger partial charge is 0.150 e. The second-order valence-corrected chi connectivity index (χ2v) is 6.41. The third-order valence-corrected chi connectivity index (χ3v) is 4.50. The van der Waals surface area contributed by atoms with E-state index in [0.717, 1.165) is 6.20 Å². The van der Waals surface area contributed by atoms with Crippen molar-refractivity contribution >= 4 is 22.7 Å². The lowest BCUT2D eigenvalue weighted by atomic mass is 10.2. The second kappa shape index (κ2) is 7.45. The van der Waals surface area contributed by atoms with Crippen LogP contribution in [0.4, 0.5) is 16.0 Å². The number of halogens is 1. The molecule has 1 aromatic carbocycles. The summed E-state index contributed by atoms with van der Waals surface area (Å²) < 4.78 is 15.6. The summed E-state index contributed by atoms with van der Waals surface area (Å²) in [7, 11) is 0. The van der Waals surface area contributed by atoms with Crippen molar-refractivity contribution in [3.05, 3.63) is 65.8 Å². The number of fused-ring (bicyclic) bond motifs is 1. The highest BCUT2D eigenvalue weighted by atomic mass is 19.1. The highest BCUT2D eigenvalue weighted by Gasteiger charge is 2.22. The Labute approximate surface area is 170 Å². The van der Waals surface area contributed by atoms with Gasteiger partial charge in [0.1, 0.15) is 47.3 Å². The van der Waals surface area contributed by atoms with Gasteiger partial charge in [-0.3, -0.25) is 9.55 Å². The monoisotopic (exact) mass is 399 g/mol. The summed E-state index contributed by atoms with van der Waals surface area (Å²) >= 11 is 0. The van der Waals surface area contributed by atoms with E-state index in [4.69, 9.17) is 5.73 Å². The molecule has 0 bridgehead atoms. The quantitative estimate of drug-likeness (QED) is 0.533. The molecule has 0 amide bonds. The predicted octanol–water partition coefficient (Wildman–Crippen LogP) is 2.85. The van der Waals surface area contributed by atoms with Gasteiger partial charge in [-0.15, -0.1) is 0 Å². The van der Waals surface area contributed by atoms with Crippen molar-refractivity contribution < 1.29 is 4.39 Å². The van der Waals surface area contributed by atoms with E-state index in [1.807, 2.05) is 6.07 Å². The van der Waals surface area contributed by atoms with Gasteiger partial charge in [0.15, 0.2) is 0 Å². The maximum Gasteiger partial charge on any atom is 0.150 e. The number of pyridine rings is 1. The van der Waals surface area contributed by atoms with Crippen LogP contribution >= 0.6 is 0 Å². The molecule has 9 nitrogen and oxygen atoms in total. The number of hydrogen-bond acceptors (Lipinski definition) is 8. The minimum absolute atomic E-state index is 0.0526. The van der Waals surface area contributed by atoms with Crippen LogP contribution in [0.3, 0.4) is 0 Å². The van der Waals surface area contributed by atoms with Crippen LogP contribution in [0, 0.1) is 28.5 Å². The third kappa shape index (κ3) is 3.12. The number of nitrogen functional groups attached to an aromatic ring is 1. The number of aromatic nitrogens is 5. The van der Waals surface area contributed by atoms with E-state index >= 15 is 0 Å². The largest absolute Gasteiger partial charge is 0.382 e. The van der Waals surface area contributed by atoms with Gasteiger partial charge in [0.25, 0.3) is 0 Å². The van der Waals surface area contributed by atoms with Crippen molar-refractivity contribution in [2.75, 3.05) is 11.1 Å². The molecule has 3 N–H and O–H groups in total. The van der Waals surface area contributed by atoms with Gasteiger partial charge in [0, 0.05) is 6.07 Å². The van der Waals surface area contributed by atoms with Crippen LogP contribution in [0.2, 0.25) is 0 Å². The van der Waals surface area contributed by atoms with Gasteiger partial charge in [-0.2, -0.15) is 10.5 Å². The average molecular weight is 399 g/mol. The number of nitriles is 2. The van der Waals surface area contributed by atoms with E-state index in [-0.39, 0.29) is 17.2 Å². The van der Waals surface area contributed by atoms with Gasteiger partial charge >= 0.3 is 0 Å². The van der Waals surface area contributed by atoms with Crippen molar-refractivity contribution in [2.24, 2.45) is 0 Å². The Hall–Kier alpha value is -4.57. The van der Waals surface area contributed by atoms with Crippen molar-refractivity contribution in [1.29, 1.82) is 10.5 Å². The molecule has 0 radical (unpaired) electrons. The van der Waals surface area contributed by atoms with Gasteiger partial charge < -0.3 is 11.1 Å². The van der Waals surface area contributed by atoms with Crippen molar-refractivity contribution in [2.45, 2.75) is 13.0 Å². The normalized spacial score (nSPS) is 11.6. The highest BCUT2D eigenvalue weighted by Crippen LogP contribution is 2.30. The zero-order chi connectivity index (χ0) is 21.3. The maximum absolute atomic E-state index is 13.9. The van der Waals surface area contributed by atoms with E-state index < -0.39 is 11.9 Å². The molecule has 3 aromatic heterocycles. The summed E-state index contributed by atoms with van der Waals surface area (Å²) in [6, 6.07) is 10.1. The van der Waals surface area contributed by atoms with E-state index in [2.05, 4.69) is 31.3 Å².